The van der Waals surface area contributed by atoms with Crippen molar-refractivity contribution in [3.8, 4) is 22.4 Å². The highest BCUT2D eigenvalue weighted by Crippen LogP contribution is 2.33. The van der Waals surface area contributed by atoms with E-state index in [0.29, 0.717) is 18.7 Å². The molecule has 0 aliphatic carbocycles. The van der Waals surface area contributed by atoms with Gasteiger partial charge in [0.25, 0.3) is 5.79 Å². The summed E-state index contributed by atoms with van der Waals surface area (Å²) in [5.41, 5.74) is 9.19. The number of aliphatic hydroxyl groups is 3. The summed E-state index contributed by atoms with van der Waals surface area (Å²) in [5, 5.41) is 52.1. The first-order chi connectivity index (χ1) is 19.6. The summed E-state index contributed by atoms with van der Waals surface area (Å²) in [7, 11) is 0. The molecule has 1 aromatic heterocycles. The van der Waals surface area contributed by atoms with E-state index in [1.165, 1.54) is 6.92 Å². The third-order valence-electron chi connectivity index (χ3n) is 6.93. The zero-order valence-corrected chi connectivity index (χ0v) is 22.5. The maximum atomic E-state index is 12.3. The van der Waals surface area contributed by atoms with Crippen molar-refractivity contribution in [2.24, 2.45) is 5.73 Å². The van der Waals surface area contributed by atoms with Gasteiger partial charge in [0.1, 0.15) is 17.9 Å². The Morgan fingerprint density at radius 2 is 1.80 bits per heavy atom. The number of nitrogens with zero attached hydrogens (tertiary/aromatic N) is 3. The molecule has 2 aromatic carbocycles. The van der Waals surface area contributed by atoms with E-state index < -0.39 is 54.5 Å². The Labute approximate surface area is 236 Å². The second-order valence-electron chi connectivity index (χ2n) is 9.94. The molecule has 2 heterocycles. The normalized spacial score (nSPS) is 24.0. The van der Waals surface area contributed by atoms with Gasteiger partial charge in [-0.2, -0.15) is 0 Å². The first kappa shape index (κ1) is 30.2. The predicted molar refractivity (Wildman–Crippen MR) is 146 cm³/mol. The number of ether oxygens (including phenoxy) is 2. The zero-order valence-electron chi connectivity index (χ0n) is 22.5. The van der Waals surface area contributed by atoms with Crippen molar-refractivity contribution in [2.75, 3.05) is 13.2 Å². The molecule has 7 N–H and O–H groups in total. The van der Waals surface area contributed by atoms with Gasteiger partial charge in [0, 0.05) is 32.0 Å². The molecule has 13 heteroatoms. The van der Waals surface area contributed by atoms with Gasteiger partial charge in [0.15, 0.2) is 0 Å². The van der Waals surface area contributed by atoms with Gasteiger partial charge in [-0.05, 0) is 17.5 Å². The number of nitrogens with two attached hydrogens (primary N) is 1. The molecule has 41 heavy (non-hydrogen) atoms. The molecule has 6 atom stereocenters. The summed E-state index contributed by atoms with van der Waals surface area (Å²) in [4.78, 5) is 23.9. The molecule has 0 unspecified atom stereocenters. The molecule has 3 aromatic rings. The summed E-state index contributed by atoms with van der Waals surface area (Å²) in [6.45, 7) is 1.08. The van der Waals surface area contributed by atoms with Crippen LogP contribution in [0.4, 0.5) is 0 Å². The van der Waals surface area contributed by atoms with Crippen LogP contribution in [0.2, 0.25) is 0 Å². The van der Waals surface area contributed by atoms with Gasteiger partial charge in [0.05, 0.1) is 31.1 Å². The average molecular weight is 570 g/mol. The standard InChI is InChI=1S/C28H35N5O8/c1-17(34)30-24-22(35)14-28(27(38)39,41-26(24)25(37)23(36)15-29)40-13-5-12-33-16-21(31-32-33)20-10-8-19(9-11-20)18-6-3-2-4-7-18/h2-4,6-11,16,22-26,35-37H,5,12-15,29H2,1H3,(H,30,34)(H,38,39)/t22-,23+,24+,25+,26+,28+/m0/s1. The van der Waals surface area contributed by atoms with Gasteiger partial charge in [0.2, 0.25) is 5.91 Å². The smallest absolute Gasteiger partial charge is 0.364 e. The summed E-state index contributed by atoms with van der Waals surface area (Å²) >= 11 is 0. The SMILES string of the molecule is CC(=O)N[C@H]1[C@H]([C@H](O)[C@H](O)CN)O[C@@](OCCCn2cc(-c3ccc(-c4ccccc4)cc3)nn2)(C(=O)O)C[C@@H]1O. The van der Waals surface area contributed by atoms with E-state index in [0.717, 1.165) is 16.7 Å². The van der Waals surface area contributed by atoms with Crippen molar-refractivity contribution in [2.45, 2.75) is 62.6 Å². The quantitative estimate of drug-likeness (QED) is 0.162. The number of hydrogen-bond acceptors (Lipinski definition) is 10. The Morgan fingerprint density at radius 1 is 1.15 bits per heavy atom. The number of aryl methyl sites for hydroxylation is 1. The third kappa shape index (κ3) is 7.14. The molecule has 0 bridgehead atoms. The average Bonchev–Trinajstić information content (AvgIpc) is 3.45. The summed E-state index contributed by atoms with van der Waals surface area (Å²) in [5.74, 6) is -4.40. The Morgan fingerprint density at radius 3 is 2.44 bits per heavy atom. The lowest BCUT2D eigenvalue weighted by atomic mass is 9.88. The van der Waals surface area contributed by atoms with Crippen LogP contribution < -0.4 is 11.1 Å². The highest BCUT2D eigenvalue weighted by molar-refractivity contribution is 5.76. The number of aliphatic carboxylic acids is 1. The Kier molecular flexibility index (Phi) is 9.81. The summed E-state index contributed by atoms with van der Waals surface area (Å²) < 4.78 is 12.9. The van der Waals surface area contributed by atoms with E-state index in [-0.39, 0.29) is 13.2 Å². The first-order valence-electron chi connectivity index (χ1n) is 13.3. The molecule has 1 aliphatic heterocycles. The Hall–Kier alpha value is -3.72. The minimum atomic E-state index is -2.33. The zero-order chi connectivity index (χ0) is 29.6. The number of carbonyl (C=O) groups excluding carboxylic acids is 1. The van der Waals surface area contributed by atoms with Crippen LogP contribution in [0.3, 0.4) is 0 Å². The number of hydrogen-bond donors (Lipinski definition) is 6. The lowest BCUT2D eigenvalue weighted by Crippen LogP contribution is -2.68. The fourth-order valence-electron chi connectivity index (χ4n) is 4.78. The lowest BCUT2D eigenvalue weighted by molar-refractivity contribution is -0.310. The van der Waals surface area contributed by atoms with Gasteiger partial charge in [-0.15, -0.1) is 5.10 Å². The van der Waals surface area contributed by atoms with Gasteiger partial charge >= 0.3 is 5.97 Å². The van der Waals surface area contributed by atoms with Crippen molar-refractivity contribution in [3.63, 3.8) is 0 Å². The summed E-state index contributed by atoms with van der Waals surface area (Å²) in [6.07, 6.45) is -4.61. The monoisotopic (exact) mass is 569 g/mol. The number of nitrogens with one attached hydrogen (secondary N) is 1. The van der Waals surface area contributed by atoms with Gasteiger partial charge in [-0.25, -0.2) is 4.79 Å². The maximum Gasteiger partial charge on any atom is 0.364 e. The van der Waals surface area contributed by atoms with E-state index in [1.54, 1.807) is 10.9 Å². The second-order valence-corrected chi connectivity index (χ2v) is 9.94. The van der Waals surface area contributed by atoms with Crippen LogP contribution in [0.5, 0.6) is 0 Å². The molecule has 220 valence electrons. The van der Waals surface area contributed by atoms with Crippen LogP contribution in [0.15, 0.2) is 60.8 Å². The molecule has 0 radical (unpaired) electrons. The largest absolute Gasteiger partial charge is 0.477 e. The van der Waals surface area contributed by atoms with E-state index in [2.05, 4.69) is 15.6 Å². The fourth-order valence-corrected chi connectivity index (χ4v) is 4.78. The highest BCUT2D eigenvalue weighted by atomic mass is 16.7. The van der Waals surface area contributed by atoms with Crippen LogP contribution in [0, 0.1) is 0 Å². The first-order valence-corrected chi connectivity index (χ1v) is 13.3. The van der Waals surface area contributed by atoms with E-state index in [1.807, 2.05) is 54.6 Å². The van der Waals surface area contributed by atoms with Crippen LogP contribution in [0.25, 0.3) is 22.4 Å². The molecule has 0 spiro atoms. The van der Waals surface area contributed by atoms with E-state index in [4.69, 9.17) is 15.2 Å². The van der Waals surface area contributed by atoms with Crippen molar-refractivity contribution in [3.05, 3.63) is 60.8 Å². The van der Waals surface area contributed by atoms with Crippen molar-refractivity contribution < 1.29 is 39.5 Å². The predicted octanol–water partition coefficient (Wildman–Crippen LogP) is 0.135. The second kappa shape index (κ2) is 13.3. The van der Waals surface area contributed by atoms with Gasteiger partial charge in [-0.1, -0.05) is 59.8 Å². The number of aromatic nitrogens is 3. The number of benzene rings is 2. The van der Waals surface area contributed by atoms with Crippen molar-refractivity contribution in [1.29, 1.82) is 0 Å². The van der Waals surface area contributed by atoms with E-state index in [9.17, 15) is 30.0 Å². The Balaban J connectivity index is 1.38. The highest BCUT2D eigenvalue weighted by Gasteiger charge is 2.55. The maximum absolute atomic E-state index is 12.3. The minimum absolute atomic E-state index is 0.104. The number of amides is 1. The van der Waals surface area contributed by atoms with Crippen LogP contribution in [0.1, 0.15) is 19.8 Å². The molecule has 1 aliphatic rings. The van der Waals surface area contributed by atoms with Gasteiger partial charge in [-0.3, -0.25) is 9.48 Å². The van der Waals surface area contributed by atoms with Crippen molar-refractivity contribution >= 4 is 11.9 Å². The molecule has 13 nitrogen and oxygen atoms in total. The van der Waals surface area contributed by atoms with Crippen LogP contribution >= 0.6 is 0 Å². The molecular weight excluding hydrogens is 534 g/mol. The van der Waals surface area contributed by atoms with Crippen LogP contribution in [-0.2, 0) is 25.6 Å². The molecule has 1 fully saturated rings. The number of aliphatic hydroxyl groups excluding tert-OH is 3. The van der Waals surface area contributed by atoms with E-state index >= 15 is 0 Å². The fraction of sp³-hybridized carbons (Fsp3) is 0.429. The lowest BCUT2D eigenvalue weighted by Gasteiger charge is -2.46. The van der Waals surface area contributed by atoms with Crippen LogP contribution in [-0.4, -0.2) is 96.7 Å². The summed E-state index contributed by atoms with van der Waals surface area (Å²) in [6, 6.07) is 16.7. The number of carbonyl (C=O) groups is 2. The number of rotatable bonds is 12. The number of carboxylic acids is 1. The van der Waals surface area contributed by atoms with Crippen molar-refractivity contribution in [1.82, 2.24) is 20.3 Å². The molecule has 0 saturated carbocycles. The molecule has 4 rings (SSSR count). The number of carboxylic acid groups (broad SMARTS) is 1. The molecule has 1 saturated heterocycles. The third-order valence-corrected chi connectivity index (χ3v) is 6.93. The topological polar surface area (TPSA) is 202 Å². The van der Waals surface area contributed by atoms with Gasteiger partial charge < -0.3 is 41.0 Å². The molecule has 1 amide bonds. The Bertz CT molecular complexity index is 1300. The minimum Gasteiger partial charge on any atom is -0.477 e. The molecular formula is C28H35N5O8.